The second-order valence-corrected chi connectivity index (χ2v) is 6.44. The minimum absolute atomic E-state index is 0.110. The zero-order valence-electron chi connectivity index (χ0n) is 13.5. The van der Waals surface area contributed by atoms with Crippen LogP contribution in [0.4, 0.5) is 19.0 Å². The van der Waals surface area contributed by atoms with Crippen molar-refractivity contribution in [1.29, 1.82) is 0 Å². The summed E-state index contributed by atoms with van der Waals surface area (Å²) in [4.78, 5) is 12.0. The van der Waals surface area contributed by atoms with E-state index in [1.807, 2.05) is 12.1 Å². The standard InChI is InChI=1S/C16H12Cl2F3N5O/c17-11-3-1-10(2-4-11)7-26-8-12(18)15(24-26)22-14(27)9-25-6-5-13(23-25)16(19,20)21/h1-6,8H,7,9H2,(H,22,24,27). The Morgan fingerprint density at radius 2 is 1.78 bits per heavy atom. The molecule has 1 aromatic carbocycles. The van der Waals surface area contributed by atoms with Crippen LogP contribution in [0.3, 0.4) is 0 Å². The molecule has 142 valence electrons. The van der Waals surface area contributed by atoms with E-state index in [1.165, 1.54) is 10.9 Å². The van der Waals surface area contributed by atoms with Gasteiger partial charge in [-0.15, -0.1) is 0 Å². The van der Waals surface area contributed by atoms with Crippen molar-refractivity contribution in [2.45, 2.75) is 19.3 Å². The summed E-state index contributed by atoms with van der Waals surface area (Å²) in [5.74, 6) is -0.496. The summed E-state index contributed by atoms with van der Waals surface area (Å²) in [5.41, 5.74) is -0.145. The second kappa shape index (κ2) is 7.61. The van der Waals surface area contributed by atoms with Crippen molar-refractivity contribution in [3.05, 3.63) is 64.0 Å². The molecule has 0 aliphatic carbocycles. The Hall–Kier alpha value is -2.52. The third-order valence-corrected chi connectivity index (χ3v) is 4.00. The van der Waals surface area contributed by atoms with Gasteiger partial charge in [-0.2, -0.15) is 23.4 Å². The molecule has 3 aromatic rings. The van der Waals surface area contributed by atoms with E-state index in [0.717, 1.165) is 22.5 Å². The number of alkyl halides is 3. The number of carbonyl (C=O) groups excluding carboxylic acids is 1. The van der Waals surface area contributed by atoms with E-state index < -0.39 is 24.3 Å². The van der Waals surface area contributed by atoms with Crippen LogP contribution < -0.4 is 5.32 Å². The van der Waals surface area contributed by atoms with Gasteiger partial charge in [-0.25, -0.2) is 0 Å². The highest BCUT2D eigenvalue weighted by molar-refractivity contribution is 6.33. The summed E-state index contributed by atoms with van der Waals surface area (Å²) in [5, 5.41) is 10.7. The minimum atomic E-state index is -4.56. The highest BCUT2D eigenvalue weighted by Gasteiger charge is 2.33. The number of benzene rings is 1. The fraction of sp³-hybridized carbons (Fsp3) is 0.188. The number of amides is 1. The Balaban J connectivity index is 1.63. The molecule has 3 rings (SSSR count). The Morgan fingerprint density at radius 3 is 2.41 bits per heavy atom. The van der Waals surface area contributed by atoms with Crippen LogP contribution in [0.2, 0.25) is 10.0 Å². The third kappa shape index (κ3) is 5.01. The summed E-state index contributed by atoms with van der Waals surface area (Å²) < 4.78 is 40.0. The normalized spacial score (nSPS) is 11.6. The Labute approximate surface area is 161 Å². The molecular formula is C16H12Cl2F3N5O. The second-order valence-electron chi connectivity index (χ2n) is 5.59. The first-order chi connectivity index (χ1) is 12.7. The topological polar surface area (TPSA) is 64.7 Å². The molecule has 6 nitrogen and oxygen atoms in total. The molecule has 0 aliphatic heterocycles. The van der Waals surface area contributed by atoms with Crippen molar-refractivity contribution in [3.8, 4) is 0 Å². The zero-order valence-corrected chi connectivity index (χ0v) is 15.1. The fourth-order valence-electron chi connectivity index (χ4n) is 2.26. The molecule has 2 heterocycles. The van der Waals surface area contributed by atoms with Gasteiger partial charge in [0.15, 0.2) is 11.5 Å². The van der Waals surface area contributed by atoms with Crippen molar-refractivity contribution in [2.75, 3.05) is 5.32 Å². The lowest BCUT2D eigenvalue weighted by Gasteiger charge is -2.04. The predicted octanol–water partition coefficient (Wildman–Crippen LogP) is 4.09. The number of hydrogen-bond donors (Lipinski definition) is 1. The van der Waals surface area contributed by atoms with E-state index in [2.05, 4.69) is 15.5 Å². The van der Waals surface area contributed by atoms with Crippen molar-refractivity contribution in [1.82, 2.24) is 19.6 Å². The maximum absolute atomic E-state index is 12.5. The molecule has 0 spiro atoms. The van der Waals surface area contributed by atoms with Gasteiger partial charge in [0.05, 0.1) is 6.54 Å². The molecule has 0 bridgehead atoms. The van der Waals surface area contributed by atoms with Gasteiger partial charge in [0.2, 0.25) is 5.91 Å². The van der Waals surface area contributed by atoms with Crippen molar-refractivity contribution in [2.24, 2.45) is 0 Å². The number of carbonyl (C=O) groups is 1. The molecule has 0 saturated carbocycles. The molecule has 1 amide bonds. The van der Waals surface area contributed by atoms with E-state index in [0.29, 0.717) is 11.6 Å². The maximum Gasteiger partial charge on any atom is 0.435 e. The minimum Gasteiger partial charge on any atom is -0.306 e. The Morgan fingerprint density at radius 1 is 1.07 bits per heavy atom. The van der Waals surface area contributed by atoms with E-state index >= 15 is 0 Å². The average Bonchev–Trinajstić information content (AvgIpc) is 3.17. The first kappa shape index (κ1) is 19.2. The van der Waals surface area contributed by atoms with Gasteiger partial charge < -0.3 is 5.32 Å². The van der Waals surface area contributed by atoms with Gasteiger partial charge in [-0.3, -0.25) is 14.2 Å². The van der Waals surface area contributed by atoms with Gasteiger partial charge in [0, 0.05) is 17.4 Å². The lowest BCUT2D eigenvalue weighted by Crippen LogP contribution is -2.20. The van der Waals surface area contributed by atoms with Crippen molar-refractivity contribution >= 4 is 34.9 Å². The van der Waals surface area contributed by atoms with E-state index in [-0.39, 0.29) is 10.8 Å². The summed E-state index contributed by atoms with van der Waals surface area (Å²) in [6.07, 6.45) is -1.96. The number of rotatable bonds is 5. The van der Waals surface area contributed by atoms with Gasteiger partial charge in [-0.1, -0.05) is 35.3 Å². The molecule has 0 atom stereocenters. The van der Waals surface area contributed by atoms with Gasteiger partial charge in [0.25, 0.3) is 0 Å². The molecule has 0 fully saturated rings. The number of halogens is 5. The number of anilines is 1. The van der Waals surface area contributed by atoms with Crippen LogP contribution in [-0.2, 0) is 24.1 Å². The van der Waals surface area contributed by atoms with Crippen LogP contribution in [-0.4, -0.2) is 25.5 Å². The smallest absolute Gasteiger partial charge is 0.306 e. The fourth-order valence-corrected chi connectivity index (χ4v) is 2.58. The number of nitrogens with zero attached hydrogens (tertiary/aromatic N) is 4. The number of aromatic nitrogens is 4. The van der Waals surface area contributed by atoms with E-state index in [4.69, 9.17) is 23.2 Å². The quantitative estimate of drug-likeness (QED) is 0.679. The van der Waals surface area contributed by atoms with Gasteiger partial charge in [0.1, 0.15) is 11.6 Å². The summed E-state index contributed by atoms with van der Waals surface area (Å²) >= 11 is 11.9. The summed E-state index contributed by atoms with van der Waals surface area (Å²) in [7, 11) is 0. The van der Waals surface area contributed by atoms with Gasteiger partial charge >= 0.3 is 6.18 Å². The van der Waals surface area contributed by atoms with Crippen molar-refractivity contribution in [3.63, 3.8) is 0 Å². The average molecular weight is 418 g/mol. The molecule has 27 heavy (non-hydrogen) atoms. The first-order valence-electron chi connectivity index (χ1n) is 7.58. The van der Waals surface area contributed by atoms with Crippen LogP contribution in [0.25, 0.3) is 0 Å². The highest BCUT2D eigenvalue weighted by Crippen LogP contribution is 2.27. The van der Waals surface area contributed by atoms with Crippen LogP contribution in [0.5, 0.6) is 0 Å². The van der Waals surface area contributed by atoms with Crippen LogP contribution in [0, 0.1) is 0 Å². The largest absolute Gasteiger partial charge is 0.435 e. The van der Waals surface area contributed by atoms with E-state index in [9.17, 15) is 18.0 Å². The monoisotopic (exact) mass is 417 g/mol. The molecule has 2 aromatic heterocycles. The summed E-state index contributed by atoms with van der Waals surface area (Å²) in [6.45, 7) is -0.00267. The SMILES string of the molecule is O=C(Cn1ccc(C(F)(F)F)n1)Nc1nn(Cc2ccc(Cl)cc2)cc1Cl. The lowest BCUT2D eigenvalue weighted by atomic mass is 10.2. The third-order valence-electron chi connectivity index (χ3n) is 3.47. The molecular weight excluding hydrogens is 406 g/mol. The maximum atomic E-state index is 12.5. The Kier molecular flexibility index (Phi) is 5.43. The summed E-state index contributed by atoms with van der Waals surface area (Å²) in [6, 6.07) is 7.92. The molecule has 1 N–H and O–H groups in total. The first-order valence-corrected chi connectivity index (χ1v) is 8.34. The zero-order chi connectivity index (χ0) is 19.6. The number of nitrogens with one attached hydrogen (secondary N) is 1. The van der Waals surface area contributed by atoms with Gasteiger partial charge in [-0.05, 0) is 23.8 Å². The van der Waals surface area contributed by atoms with Crippen LogP contribution >= 0.6 is 23.2 Å². The van der Waals surface area contributed by atoms with Crippen LogP contribution in [0.1, 0.15) is 11.3 Å². The highest BCUT2D eigenvalue weighted by atomic mass is 35.5. The molecule has 0 unspecified atom stereocenters. The lowest BCUT2D eigenvalue weighted by molar-refractivity contribution is -0.141. The molecule has 0 saturated heterocycles. The predicted molar refractivity (Wildman–Crippen MR) is 93.6 cm³/mol. The number of hydrogen-bond acceptors (Lipinski definition) is 3. The molecule has 0 radical (unpaired) electrons. The van der Waals surface area contributed by atoms with Crippen molar-refractivity contribution < 1.29 is 18.0 Å². The Bertz CT molecular complexity index is 950. The molecule has 11 heteroatoms. The van der Waals surface area contributed by atoms with Crippen LogP contribution in [0.15, 0.2) is 42.7 Å². The van der Waals surface area contributed by atoms with E-state index in [1.54, 1.807) is 12.1 Å². The molecule has 0 aliphatic rings.